The average molecular weight is 760 g/mol. The summed E-state index contributed by atoms with van der Waals surface area (Å²) in [4.78, 5) is 13.3. The molecule has 1 aliphatic rings. The fourth-order valence-electron chi connectivity index (χ4n) is 8.29. The molecular weight excluding hydrogens is 712 g/mol. The zero-order valence-corrected chi connectivity index (χ0v) is 32.3. The van der Waals surface area contributed by atoms with Crippen LogP contribution in [0.2, 0.25) is 0 Å². The van der Waals surface area contributed by atoms with Gasteiger partial charge in [0.15, 0.2) is 0 Å². The number of halogens is 1. The number of benzene rings is 6. The number of hydrogen-bond donors (Lipinski definition) is 0. The highest BCUT2D eigenvalue weighted by molar-refractivity contribution is 9.10. The number of fused-ring (bicyclic) bond motifs is 2. The minimum Gasteiger partial charge on any atom is -0.354 e. The number of nitrogens with zero attached hydrogens (tertiary/aromatic N) is 4. The first-order valence-electron chi connectivity index (χ1n) is 18.9. The predicted octanol–water partition coefficient (Wildman–Crippen LogP) is 10.7. The van der Waals surface area contributed by atoms with Crippen LogP contribution in [-0.2, 0) is 6.42 Å². The summed E-state index contributed by atoms with van der Waals surface area (Å²) in [5.74, 6) is 1.29. The molecule has 0 amide bonds. The number of piperazine rings is 1. The van der Waals surface area contributed by atoms with Crippen LogP contribution in [0.3, 0.4) is 0 Å². The highest BCUT2D eigenvalue weighted by atomic mass is 79.9. The van der Waals surface area contributed by atoms with Crippen molar-refractivity contribution in [2.75, 3.05) is 51.7 Å². The highest BCUT2D eigenvalue weighted by Crippen LogP contribution is 2.40. The third kappa shape index (κ3) is 7.79. The van der Waals surface area contributed by atoms with Crippen molar-refractivity contribution in [3.8, 4) is 0 Å². The molecule has 1 saturated heterocycles. The van der Waals surface area contributed by atoms with Crippen molar-refractivity contribution in [1.82, 2.24) is 14.8 Å². The van der Waals surface area contributed by atoms with E-state index in [0.717, 1.165) is 61.4 Å². The molecule has 1 unspecified atom stereocenters. The molecule has 0 saturated carbocycles. The summed E-state index contributed by atoms with van der Waals surface area (Å²) in [6.07, 6.45) is 1.83. The Morgan fingerprint density at radius 3 is 1.94 bits per heavy atom. The predicted molar refractivity (Wildman–Crippen MR) is 226 cm³/mol. The Morgan fingerprint density at radius 2 is 1.26 bits per heavy atom. The monoisotopic (exact) mass is 758 g/mol. The Hall–Kier alpha value is -4.81. The first kappa shape index (κ1) is 35.2. The third-order valence-electron chi connectivity index (χ3n) is 10.9. The second kappa shape index (κ2) is 16.1. The summed E-state index contributed by atoms with van der Waals surface area (Å²) in [6.45, 7) is 4.71. The quantitative estimate of drug-likeness (QED) is 0.131. The normalized spacial score (nSPS) is 14.4. The number of pyridine rings is 1. The molecule has 6 aromatic carbocycles. The Bertz CT molecular complexity index is 2240. The molecule has 1 fully saturated rings. The second-order valence-electron chi connectivity index (χ2n) is 14.7. The Labute approximate surface area is 322 Å². The van der Waals surface area contributed by atoms with E-state index < -0.39 is 0 Å². The molecule has 0 N–H and O–H groups in total. The van der Waals surface area contributed by atoms with Gasteiger partial charge in [0.05, 0.1) is 11.6 Å². The van der Waals surface area contributed by atoms with Crippen molar-refractivity contribution in [3.63, 3.8) is 0 Å². The molecule has 0 spiro atoms. The first-order chi connectivity index (χ1) is 26.0. The molecule has 53 heavy (non-hydrogen) atoms. The molecule has 0 aliphatic carbocycles. The maximum Gasteiger partial charge on any atom is 0.132 e. The van der Waals surface area contributed by atoms with Crippen LogP contribution in [0.25, 0.3) is 21.7 Å². The van der Waals surface area contributed by atoms with Gasteiger partial charge in [-0.1, -0.05) is 149 Å². The van der Waals surface area contributed by atoms with E-state index >= 15 is 0 Å². The summed E-state index contributed by atoms with van der Waals surface area (Å²) < 4.78 is 1.09. The lowest BCUT2D eigenvalue weighted by Crippen LogP contribution is -2.48. The number of rotatable bonds is 11. The lowest BCUT2D eigenvalue weighted by molar-refractivity contribution is 0.212. The van der Waals surface area contributed by atoms with Gasteiger partial charge in [0.25, 0.3) is 0 Å². The largest absolute Gasteiger partial charge is 0.354 e. The number of aromatic nitrogens is 1. The van der Waals surface area contributed by atoms with Crippen LogP contribution < -0.4 is 4.90 Å². The summed E-state index contributed by atoms with van der Waals surface area (Å²) in [7, 11) is 4.34. The molecule has 8 rings (SSSR count). The van der Waals surface area contributed by atoms with Gasteiger partial charge in [-0.2, -0.15) is 0 Å². The lowest BCUT2D eigenvalue weighted by atomic mass is 9.84. The van der Waals surface area contributed by atoms with Crippen LogP contribution in [0, 0.1) is 0 Å². The van der Waals surface area contributed by atoms with Gasteiger partial charge in [0.1, 0.15) is 5.82 Å². The van der Waals surface area contributed by atoms with E-state index in [4.69, 9.17) is 4.98 Å². The van der Waals surface area contributed by atoms with E-state index in [9.17, 15) is 0 Å². The Morgan fingerprint density at radius 1 is 0.642 bits per heavy atom. The van der Waals surface area contributed by atoms with Crippen LogP contribution >= 0.6 is 15.9 Å². The summed E-state index contributed by atoms with van der Waals surface area (Å²) in [5, 5.41) is 3.78. The van der Waals surface area contributed by atoms with Crippen LogP contribution in [-0.4, -0.2) is 61.6 Å². The fourth-order valence-corrected chi connectivity index (χ4v) is 8.79. The summed E-state index contributed by atoms with van der Waals surface area (Å²) >= 11 is 3.94. The molecular formula is C48H47BrN4. The first-order valence-corrected chi connectivity index (χ1v) is 19.7. The summed E-state index contributed by atoms with van der Waals surface area (Å²) in [6, 6.07) is 55.7. The van der Waals surface area contributed by atoms with Gasteiger partial charge >= 0.3 is 0 Å². The standard InChI is InChI=1S/C48H47BrN4/c1-51(2)26-25-44(43-24-14-22-36-17-12-13-23-42(36)43)45-34-41(49)33-39-32-40(31-35-15-6-3-7-16-35)48(50-46(39)45)53-29-27-52(28-30-53)47(37-18-8-4-9-19-37)38-20-10-5-11-21-38/h3-24,32-34,44,47H,25-31H2,1-2H3. The maximum atomic E-state index is 5.75. The van der Waals surface area contributed by atoms with Gasteiger partial charge in [0.2, 0.25) is 0 Å². The van der Waals surface area contributed by atoms with Gasteiger partial charge < -0.3 is 9.80 Å². The van der Waals surface area contributed by atoms with Crippen LogP contribution in [0.4, 0.5) is 5.82 Å². The second-order valence-corrected chi connectivity index (χ2v) is 15.6. The van der Waals surface area contributed by atoms with E-state index in [1.807, 2.05) is 0 Å². The average Bonchev–Trinajstić information content (AvgIpc) is 3.19. The molecule has 4 nitrogen and oxygen atoms in total. The summed E-state index contributed by atoms with van der Waals surface area (Å²) in [5.41, 5.74) is 9.01. The van der Waals surface area contributed by atoms with E-state index in [2.05, 4.69) is 196 Å². The fraction of sp³-hybridized carbons (Fsp3) is 0.229. The van der Waals surface area contributed by atoms with Crippen molar-refractivity contribution in [1.29, 1.82) is 0 Å². The van der Waals surface area contributed by atoms with E-state index in [-0.39, 0.29) is 12.0 Å². The maximum absolute atomic E-state index is 5.75. The Balaban J connectivity index is 1.22. The van der Waals surface area contributed by atoms with Gasteiger partial charge in [-0.05, 0) is 89.4 Å². The molecule has 7 aromatic rings. The minimum absolute atomic E-state index is 0.179. The van der Waals surface area contributed by atoms with Crippen LogP contribution in [0.1, 0.15) is 51.8 Å². The zero-order valence-electron chi connectivity index (χ0n) is 30.7. The van der Waals surface area contributed by atoms with Crippen LogP contribution in [0.15, 0.2) is 156 Å². The molecule has 1 atom stereocenters. The molecule has 266 valence electrons. The van der Waals surface area contributed by atoms with E-state index in [1.165, 1.54) is 49.5 Å². The Kier molecular flexibility index (Phi) is 10.7. The SMILES string of the molecule is CN(C)CCC(c1cccc2ccccc12)c1cc(Br)cc2cc(Cc3ccccc3)c(N3CCN(C(c4ccccc4)c4ccccc4)CC3)nc12. The number of hydrogen-bond acceptors (Lipinski definition) is 4. The van der Waals surface area contributed by atoms with Crippen molar-refractivity contribution in [3.05, 3.63) is 190 Å². The van der Waals surface area contributed by atoms with Crippen LogP contribution in [0.5, 0.6) is 0 Å². The molecule has 2 heterocycles. The molecule has 0 radical (unpaired) electrons. The van der Waals surface area contributed by atoms with Gasteiger partial charge in [-0.25, -0.2) is 4.98 Å². The third-order valence-corrected chi connectivity index (χ3v) is 11.3. The van der Waals surface area contributed by atoms with E-state index in [1.54, 1.807) is 0 Å². The van der Waals surface area contributed by atoms with Crippen molar-refractivity contribution < 1.29 is 0 Å². The van der Waals surface area contributed by atoms with Crippen molar-refractivity contribution in [2.24, 2.45) is 0 Å². The molecule has 1 aliphatic heterocycles. The highest BCUT2D eigenvalue weighted by Gasteiger charge is 2.29. The smallest absolute Gasteiger partial charge is 0.132 e. The topological polar surface area (TPSA) is 22.6 Å². The van der Waals surface area contributed by atoms with Crippen molar-refractivity contribution >= 4 is 43.4 Å². The minimum atomic E-state index is 0.179. The molecule has 5 heteroatoms. The number of anilines is 1. The van der Waals surface area contributed by atoms with Crippen molar-refractivity contribution in [2.45, 2.75) is 24.8 Å². The zero-order chi connectivity index (χ0) is 36.1. The molecule has 0 bridgehead atoms. The lowest BCUT2D eigenvalue weighted by Gasteiger charge is -2.41. The van der Waals surface area contributed by atoms with Gasteiger partial charge in [-0.3, -0.25) is 4.90 Å². The van der Waals surface area contributed by atoms with Gasteiger partial charge in [-0.15, -0.1) is 0 Å². The van der Waals surface area contributed by atoms with Gasteiger partial charge in [0, 0.05) is 48.4 Å². The molecule has 1 aromatic heterocycles. The van der Waals surface area contributed by atoms with E-state index in [0.29, 0.717) is 0 Å².